The minimum Gasteiger partial charge on any atom is -0.497 e. The van der Waals surface area contributed by atoms with E-state index in [1.54, 1.807) is 7.11 Å². The zero-order chi connectivity index (χ0) is 26.0. The van der Waals surface area contributed by atoms with Crippen LogP contribution in [0.2, 0.25) is 0 Å². The lowest BCUT2D eigenvalue weighted by molar-refractivity contribution is -0.0300. The van der Waals surface area contributed by atoms with E-state index >= 15 is 0 Å². The molecule has 3 saturated heterocycles. The van der Waals surface area contributed by atoms with E-state index in [0.717, 1.165) is 67.9 Å². The van der Waals surface area contributed by atoms with Gasteiger partial charge in [-0.2, -0.15) is 0 Å². The Hall–Kier alpha value is -3.51. The number of fused-ring (bicyclic) bond motifs is 4. The lowest BCUT2D eigenvalue weighted by Crippen LogP contribution is -2.51. The van der Waals surface area contributed by atoms with Crippen LogP contribution >= 0.6 is 0 Å². The number of piperidine rings is 3. The predicted octanol–water partition coefficient (Wildman–Crippen LogP) is 5.84. The summed E-state index contributed by atoms with van der Waals surface area (Å²) in [5, 5.41) is 0. The number of carbonyl (C=O) groups excluding carboxylic acids is 1. The van der Waals surface area contributed by atoms with Crippen LogP contribution in [0.4, 0.5) is 4.79 Å². The van der Waals surface area contributed by atoms with Gasteiger partial charge in [0.1, 0.15) is 18.1 Å². The largest absolute Gasteiger partial charge is 0.497 e. The second kappa shape index (κ2) is 10.7. The summed E-state index contributed by atoms with van der Waals surface area (Å²) in [5.74, 6) is 1.63. The molecule has 4 aliphatic rings. The molecule has 3 aromatic carbocycles. The van der Waals surface area contributed by atoms with E-state index in [9.17, 15) is 4.79 Å². The maximum atomic E-state index is 13.5. The van der Waals surface area contributed by atoms with Crippen LogP contribution in [-0.4, -0.2) is 55.8 Å². The average Bonchev–Trinajstić information content (AvgIpc) is 3.00. The molecule has 0 spiro atoms. The summed E-state index contributed by atoms with van der Waals surface area (Å²) in [4.78, 5) is 18.0. The van der Waals surface area contributed by atoms with Crippen LogP contribution in [0.15, 0.2) is 72.8 Å². The highest BCUT2D eigenvalue weighted by atomic mass is 16.6. The first-order valence-electron chi connectivity index (χ1n) is 13.7. The van der Waals surface area contributed by atoms with Crippen molar-refractivity contribution in [1.29, 1.82) is 0 Å². The maximum Gasteiger partial charge on any atom is 0.410 e. The molecule has 198 valence electrons. The molecule has 4 heterocycles. The van der Waals surface area contributed by atoms with E-state index in [1.807, 2.05) is 41.3 Å². The summed E-state index contributed by atoms with van der Waals surface area (Å²) in [5.41, 5.74) is 4.77. The second-order valence-corrected chi connectivity index (χ2v) is 10.9. The fourth-order valence-corrected chi connectivity index (χ4v) is 6.17. The van der Waals surface area contributed by atoms with Gasteiger partial charge < -0.3 is 19.1 Å². The monoisotopic (exact) mass is 512 g/mol. The van der Waals surface area contributed by atoms with E-state index in [0.29, 0.717) is 19.8 Å². The zero-order valence-corrected chi connectivity index (χ0v) is 22.1. The van der Waals surface area contributed by atoms with Crippen molar-refractivity contribution >= 4 is 6.09 Å². The Morgan fingerprint density at radius 3 is 2.26 bits per heavy atom. The molecule has 0 N–H and O–H groups in total. The number of methoxy groups -OCH3 is 1. The van der Waals surface area contributed by atoms with Crippen molar-refractivity contribution in [1.82, 2.24) is 9.80 Å². The summed E-state index contributed by atoms with van der Waals surface area (Å²) in [6.45, 7) is 5.05. The number of rotatable bonds is 7. The maximum absolute atomic E-state index is 13.5. The quantitative estimate of drug-likeness (QED) is 0.398. The molecule has 2 bridgehead atoms. The first-order chi connectivity index (χ1) is 18.6. The number of ether oxygens (including phenoxy) is 3. The molecule has 3 aromatic rings. The summed E-state index contributed by atoms with van der Waals surface area (Å²) in [7, 11) is 1.66. The van der Waals surface area contributed by atoms with E-state index in [4.69, 9.17) is 14.2 Å². The third kappa shape index (κ3) is 5.10. The van der Waals surface area contributed by atoms with Crippen molar-refractivity contribution in [2.45, 2.75) is 38.3 Å². The molecule has 0 saturated carbocycles. The number of hydrogen-bond acceptors (Lipinski definition) is 5. The molecule has 7 rings (SSSR count). The summed E-state index contributed by atoms with van der Waals surface area (Å²) >= 11 is 0. The molecule has 3 fully saturated rings. The van der Waals surface area contributed by atoms with Crippen LogP contribution in [0.25, 0.3) is 0 Å². The normalized spacial score (nSPS) is 24.0. The number of hydrogen-bond donors (Lipinski definition) is 0. The van der Waals surface area contributed by atoms with Crippen LogP contribution < -0.4 is 9.47 Å². The van der Waals surface area contributed by atoms with Gasteiger partial charge in [-0.25, -0.2) is 4.79 Å². The van der Waals surface area contributed by atoms with Gasteiger partial charge in [0.05, 0.1) is 19.8 Å². The Labute approximate surface area is 225 Å². The Morgan fingerprint density at radius 2 is 1.55 bits per heavy atom. The van der Waals surface area contributed by atoms with E-state index in [2.05, 4.69) is 41.3 Å². The topological polar surface area (TPSA) is 51.2 Å². The molecular formula is C32H36N2O4. The van der Waals surface area contributed by atoms with Gasteiger partial charge in [0.2, 0.25) is 0 Å². The van der Waals surface area contributed by atoms with Crippen molar-refractivity contribution in [2.24, 2.45) is 5.41 Å². The van der Waals surface area contributed by atoms with Crippen LogP contribution in [0.5, 0.6) is 11.5 Å². The molecule has 0 radical (unpaired) electrons. The minimum atomic E-state index is -0.202. The third-order valence-electron chi connectivity index (χ3n) is 8.66. The van der Waals surface area contributed by atoms with E-state index in [1.165, 1.54) is 11.1 Å². The Balaban J connectivity index is 1.17. The van der Waals surface area contributed by atoms with Gasteiger partial charge in [-0.3, -0.25) is 4.90 Å². The third-order valence-corrected chi connectivity index (χ3v) is 8.66. The second-order valence-electron chi connectivity index (χ2n) is 10.9. The highest BCUT2D eigenvalue weighted by molar-refractivity contribution is 5.70. The van der Waals surface area contributed by atoms with Crippen LogP contribution in [0.1, 0.15) is 47.6 Å². The molecule has 6 nitrogen and oxygen atoms in total. The van der Waals surface area contributed by atoms with Crippen LogP contribution in [0.3, 0.4) is 0 Å². The summed E-state index contributed by atoms with van der Waals surface area (Å²) in [6, 6.07) is 24.3. The lowest BCUT2D eigenvalue weighted by Gasteiger charge is -2.48. The molecule has 0 unspecified atom stereocenters. The lowest BCUT2D eigenvalue weighted by atomic mass is 9.73. The first-order valence-corrected chi connectivity index (χ1v) is 13.7. The van der Waals surface area contributed by atoms with Gasteiger partial charge in [0, 0.05) is 12.0 Å². The van der Waals surface area contributed by atoms with Gasteiger partial charge in [-0.05, 0) is 91.8 Å². The van der Waals surface area contributed by atoms with E-state index < -0.39 is 0 Å². The minimum absolute atomic E-state index is 0.163. The summed E-state index contributed by atoms with van der Waals surface area (Å²) in [6.07, 6.45) is 4.02. The van der Waals surface area contributed by atoms with Crippen LogP contribution in [0, 0.1) is 5.41 Å². The Morgan fingerprint density at radius 1 is 0.868 bits per heavy atom. The number of nitrogens with zero attached hydrogens (tertiary/aromatic N) is 2. The van der Waals surface area contributed by atoms with Crippen LogP contribution in [-0.2, 0) is 17.8 Å². The molecule has 4 aliphatic heterocycles. The molecule has 6 heteroatoms. The van der Waals surface area contributed by atoms with Crippen molar-refractivity contribution in [3.05, 3.63) is 95.1 Å². The number of carbonyl (C=O) groups is 1. The molecule has 38 heavy (non-hydrogen) atoms. The van der Waals surface area contributed by atoms with Gasteiger partial charge in [0.15, 0.2) is 0 Å². The van der Waals surface area contributed by atoms with E-state index in [-0.39, 0.29) is 17.6 Å². The van der Waals surface area contributed by atoms with Crippen molar-refractivity contribution in [3.63, 3.8) is 0 Å². The number of benzene rings is 3. The van der Waals surface area contributed by atoms with Gasteiger partial charge in [-0.15, -0.1) is 0 Å². The predicted molar refractivity (Wildman–Crippen MR) is 147 cm³/mol. The SMILES string of the molecule is COc1ccc(COc2ccc([C@H]3c4ccccc4CCN3C(=O)OCC34CCN(CC3)CC4)cc2)cc1. The van der Waals surface area contributed by atoms with Gasteiger partial charge in [0.25, 0.3) is 0 Å². The zero-order valence-electron chi connectivity index (χ0n) is 22.1. The Bertz CT molecular complexity index is 1240. The molecule has 0 aromatic heterocycles. The fourth-order valence-electron chi connectivity index (χ4n) is 6.17. The van der Waals surface area contributed by atoms with Gasteiger partial charge in [-0.1, -0.05) is 48.5 Å². The smallest absolute Gasteiger partial charge is 0.410 e. The molecular weight excluding hydrogens is 476 g/mol. The van der Waals surface area contributed by atoms with Crippen molar-refractivity contribution < 1.29 is 19.0 Å². The van der Waals surface area contributed by atoms with Crippen molar-refractivity contribution in [3.8, 4) is 11.5 Å². The summed E-state index contributed by atoms with van der Waals surface area (Å²) < 4.78 is 17.3. The molecule has 0 aliphatic carbocycles. The fraction of sp³-hybridized carbons (Fsp3) is 0.406. The first kappa shape index (κ1) is 24.8. The van der Waals surface area contributed by atoms with Crippen molar-refractivity contribution in [2.75, 3.05) is 39.9 Å². The molecule has 1 amide bonds. The highest BCUT2D eigenvalue weighted by Gasteiger charge is 2.41. The standard InChI is InChI=1S/C32H36N2O4/c1-36-27-10-6-24(7-11-27)22-37-28-12-8-26(9-13-28)30-29-5-3-2-4-25(29)14-18-34(30)31(35)38-23-32-15-19-33(20-16-32)21-17-32/h2-13,30H,14-23H2,1H3/t30-/m0/s1. The van der Waals surface area contributed by atoms with Gasteiger partial charge >= 0.3 is 6.09 Å². The number of amides is 1. The molecule has 1 atom stereocenters. The Kier molecular flexibility index (Phi) is 6.98. The average molecular weight is 513 g/mol. The highest BCUT2D eigenvalue weighted by Crippen LogP contribution is 2.41.